The van der Waals surface area contributed by atoms with Crippen molar-refractivity contribution in [3.63, 3.8) is 0 Å². The van der Waals surface area contributed by atoms with E-state index in [0.29, 0.717) is 41.8 Å². The third-order valence-electron chi connectivity index (χ3n) is 4.76. The minimum absolute atomic E-state index is 0.107. The lowest BCUT2D eigenvalue weighted by Crippen LogP contribution is -2.49. The molecule has 4 rings (SSSR count). The van der Waals surface area contributed by atoms with E-state index < -0.39 is 0 Å². The van der Waals surface area contributed by atoms with E-state index in [9.17, 15) is 4.79 Å². The maximum absolute atomic E-state index is 12.8. The SMILES string of the molecule is Cc1nccn1-c1ccc(N2CCN(C(=O)c3cc(Cl)ccc3Cl)CC2)nn1. The summed E-state index contributed by atoms with van der Waals surface area (Å²) in [7, 11) is 0. The largest absolute Gasteiger partial charge is 0.352 e. The molecule has 1 saturated heterocycles. The summed E-state index contributed by atoms with van der Waals surface area (Å²) in [5, 5.41) is 9.54. The predicted octanol–water partition coefficient (Wildman–Crippen LogP) is 3.24. The second kappa shape index (κ2) is 7.77. The van der Waals surface area contributed by atoms with E-state index in [1.165, 1.54) is 0 Å². The lowest BCUT2D eigenvalue weighted by atomic mass is 10.1. The molecule has 1 aliphatic rings. The average Bonchev–Trinajstić information content (AvgIpc) is 3.15. The Morgan fingerprint density at radius 1 is 1.00 bits per heavy atom. The van der Waals surface area contributed by atoms with Gasteiger partial charge in [0.1, 0.15) is 5.82 Å². The van der Waals surface area contributed by atoms with Gasteiger partial charge in [-0.2, -0.15) is 0 Å². The summed E-state index contributed by atoms with van der Waals surface area (Å²) < 4.78 is 1.88. The number of benzene rings is 1. The number of halogens is 2. The number of aryl methyl sites for hydroxylation is 1. The molecule has 0 unspecified atom stereocenters. The van der Waals surface area contributed by atoms with Crippen molar-refractivity contribution in [2.75, 3.05) is 31.1 Å². The number of anilines is 1. The molecule has 144 valence electrons. The van der Waals surface area contributed by atoms with Crippen LogP contribution in [0.2, 0.25) is 10.0 Å². The van der Waals surface area contributed by atoms with Crippen LogP contribution in [0.25, 0.3) is 5.82 Å². The first-order valence-electron chi connectivity index (χ1n) is 8.86. The Labute approximate surface area is 172 Å². The van der Waals surface area contributed by atoms with E-state index in [1.54, 1.807) is 29.3 Å². The number of carbonyl (C=O) groups excluding carboxylic acids is 1. The fourth-order valence-corrected chi connectivity index (χ4v) is 3.58. The van der Waals surface area contributed by atoms with Gasteiger partial charge in [-0.1, -0.05) is 23.2 Å². The molecule has 0 atom stereocenters. The first-order chi connectivity index (χ1) is 13.5. The Kier molecular flexibility index (Phi) is 5.19. The van der Waals surface area contributed by atoms with E-state index in [-0.39, 0.29) is 5.91 Å². The maximum Gasteiger partial charge on any atom is 0.255 e. The van der Waals surface area contributed by atoms with Crippen molar-refractivity contribution >= 4 is 34.9 Å². The van der Waals surface area contributed by atoms with Crippen LogP contribution in [0.4, 0.5) is 5.82 Å². The zero-order valence-corrected chi connectivity index (χ0v) is 16.7. The second-order valence-electron chi connectivity index (χ2n) is 6.50. The number of hydrogen-bond donors (Lipinski definition) is 0. The standard InChI is InChI=1S/C19H18Cl2N6O/c1-13-22-6-7-27(13)18-5-4-17(23-24-18)25-8-10-26(11-9-25)19(28)15-12-14(20)2-3-16(15)21/h2-7,12H,8-11H2,1H3. The zero-order valence-electron chi connectivity index (χ0n) is 15.2. The third kappa shape index (κ3) is 3.68. The van der Waals surface area contributed by atoms with Gasteiger partial charge in [-0.25, -0.2) is 4.98 Å². The smallest absolute Gasteiger partial charge is 0.255 e. The Morgan fingerprint density at radius 3 is 2.36 bits per heavy atom. The van der Waals surface area contributed by atoms with Gasteiger partial charge >= 0.3 is 0 Å². The fraction of sp³-hybridized carbons (Fsp3) is 0.263. The molecule has 3 heterocycles. The lowest BCUT2D eigenvalue weighted by molar-refractivity contribution is 0.0746. The van der Waals surface area contributed by atoms with Crippen LogP contribution in [0.15, 0.2) is 42.7 Å². The van der Waals surface area contributed by atoms with Crippen LogP contribution in [-0.4, -0.2) is 56.7 Å². The van der Waals surface area contributed by atoms with Gasteiger partial charge < -0.3 is 9.80 Å². The zero-order chi connectivity index (χ0) is 19.7. The molecular formula is C19H18Cl2N6O. The number of carbonyl (C=O) groups is 1. The van der Waals surface area contributed by atoms with Crippen molar-refractivity contribution in [1.29, 1.82) is 0 Å². The summed E-state index contributed by atoms with van der Waals surface area (Å²) in [4.78, 5) is 20.8. The predicted molar refractivity (Wildman–Crippen MR) is 108 cm³/mol. The van der Waals surface area contributed by atoms with Crippen molar-refractivity contribution in [3.8, 4) is 5.82 Å². The highest BCUT2D eigenvalue weighted by Gasteiger charge is 2.24. The first-order valence-corrected chi connectivity index (χ1v) is 9.62. The van der Waals surface area contributed by atoms with Gasteiger partial charge in [0.05, 0.1) is 10.6 Å². The van der Waals surface area contributed by atoms with Gasteiger partial charge in [0, 0.05) is 43.6 Å². The number of amides is 1. The summed E-state index contributed by atoms with van der Waals surface area (Å²) in [5.41, 5.74) is 0.433. The highest BCUT2D eigenvalue weighted by atomic mass is 35.5. The van der Waals surface area contributed by atoms with Crippen molar-refractivity contribution in [3.05, 3.63) is 64.2 Å². The van der Waals surface area contributed by atoms with E-state index in [2.05, 4.69) is 20.1 Å². The molecule has 7 nitrogen and oxygen atoms in total. The number of nitrogens with zero attached hydrogens (tertiary/aromatic N) is 6. The van der Waals surface area contributed by atoms with Gasteiger partial charge in [-0.3, -0.25) is 9.36 Å². The van der Waals surface area contributed by atoms with Crippen LogP contribution in [0.3, 0.4) is 0 Å². The van der Waals surface area contributed by atoms with E-state index in [1.807, 2.05) is 29.8 Å². The molecule has 3 aromatic rings. The molecular weight excluding hydrogens is 399 g/mol. The summed E-state index contributed by atoms with van der Waals surface area (Å²) in [5.74, 6) is 2.26. The van der Waals surface area contributed by atoms with Crippen molar-refractivity contribution < 1.29 is 4.79 Å². The van der Waals surface area contributed by atoms with Gasteiger partial charge in [0.2, 0.25) is 0 Å². The quantitative estimate of drug-likeness (QED) is 0.655. The monoisotopic (exact) mass is 416 g/mol. The minimum Gasteiger partial charge on any atom is -0.352 e. The summed E-state index contributed by atoms with van der Waals surface area (Å²) in [6.45, 7) is 4.40. The van der Waals surface area contributed by atoms with Crippen molar-refractivity contribution in [2.24, 2.45) is 0 Å². The van der Waals surface area contributed by atoms with E-state index in [4.69, 9.17) is 23.2 Å². The van der Waals surface area contributed by atoms with Crippen molar-refractivity contribution in [1.82, 2.24) is 24.6 Å². The first kappa shape index (κ1) is 18.7. The number of rotatable bonds is 3. The lowest BCUT2D eigenvalue weighted by Gasteiger charge is -2.35. The molecule has 1 aromatic carbocycles. The van der Waals surface area contributed by atoms with Crippen LogP contribution >= 0.6 is 23.2 Å². The molecule has 28 heavy (non-hydrogen) atoms. The Morgan fingerprint density at radius 2 is 1.71 bits per heavy atom. The fourth-order valence-electron chi connectivity index (χ4n) is 3.21. The van der Waals surface area contributed by atoms with Gasteiger partial charge in [0.25, 0.3) is 5.91 Å². The molecule has 9 heteroatoms. The third-order valence-corrected chi connectivity index (χ3v) is 5.32. The molecule has 0 radical (unpaired) electrons. The van der Waals surface area contributed by atoms with Crippen LogP contribution in [0.5, 0.6) is 0 Å². The summed E-state index contributed by atoms with van der Waals surface area (Å²) in [6.07, 6.45) is 3.58. The Hall–Kier alpha value is -2.64. The number of piperazine rings is 1. The molecule has 1 amide bonds. The normalized spacial score (nSPS) is 14.4. The molecule has 0 spiro atoms. The molecule has 0 saturated carbocycles. The van der Waals surface area contributed by atoms with E-state index >= 15 is 0 Å². The Bertz CT molecular complexity index is 996. The van der Waals surface area contributed by atoms with Crippen molar-refractivity contribution in [2.45, 2.75) is 6.92 Å². The molecule has 2 aromatic heterocycles. The van der Waals surface area contributed by atoms with Gasteiger partial charge in [-0.15, -0.1) is 10.2 Å². The van der Waals surface area contributed by atoms with Gasteiger partial charge in [0.15, 0.2) is 11.6 Å². The number of aromatic nitrogens is 4. The molecule has 1 fully saturated rings. The maximum atomic E-state index is 12.8. The van der Waals surface area contributed by atoms with E-state index in [0.717, 1.165) is 17.5 Å². The average molecular weight is 417 g/mol. The number of imidazole rings is 1. The van der Waals surface area contributed by atoms with Crippen LogP contribution in [0, 0.1) is 6.92 Å². The summed E-state index contributed by atoms with van der Waals surface area (Å²) in [6, 6.07) is 8.78. The highest BCUT2D eigenvalue weighted by Crippen LogP contribution is 2.23. The van der Waals surface area contributed by atoms with Crippen LogP contribution < -0.4 is 4.90 Å². The minimum atomic E-state index is -0.107. The molecule has 1 aliphatic heterocycles. The van der Waals surface area contributed by atoms with Crippen LogP contribution in [-0.2, 0) is 0 Å². The second-order valence-corrected chi connectivity index (χ2v) is 7.34. The van der Waals surface area contributed by atoms with Gasteiger partial charge in [-0.05, 0) is 37.3 Å². The summed E-state index contributed by atoms with van der Waals surface area (Å²) >= 11 is 12.2. The highest BCUT2D eigenvalue weighted by molar-refractivity contribution is 6.35. The van der Waals surface area contributed by atoms with Crippen LogP contribution in [0.1, 0.15) is 16.2 Å². The Balaban J connectivity index is 1.42. The number of hydrogen-bond acceptors (Lipinski definition) is 5. The molecule has 0 N–H and O–H groups in total. The molecule has 0 bridgehead atoms. The topological polar surface area (TPSA) is 67.2 Å². The molecule has 0 aliphatic carbocycles.